The number of sulfonamides is 1. The van der Waals surface area contributed by atoms with E-state index in [9.17, 15) is 18.0 Å². The van der Waals surface area contributed by atoms with E-state index in [1.54, 1.807) is 38.1 Å². The predicted octanol–water partition coefficient (Wildman–Crippen LogP) is 3.58. The molecule has 2 N–H and O–H groups in total. The minimum Gasteiger partial charge on any atom is -0.452 e. The molecule has 150 valence electrons. The second-order valence-electron chi connectivity index (χ2n) is 6.02. The standard InChI is InChI=1S/C18H18BrClN2O5S/c1-11(2)22-28(25,26)12-7-8-14(19)13(9-12)18(24)27-10-17(23)21-16-6-4-3-5-15(16)20/h3-9,11,22H,10H2,1-2H3,(H,21,23). The maximum absolute atomic E-state index is 12.3. The summed E-state index contributed by atoms with van der Waals surface area (Å²) >= 11 is 9.14. The van der Waals surface area contributed by atoms with Crippen LogP contribution in [0.3, 0.4) is 0 Å². The maximum atomic E-state index is 12.3. The molecule has 0 fully saturated rings. The van der Waals surface area contributed by atoms with Crippen LogP contribution in [-0.2, 0) is 19.6 Å². The van der Waals surface area contributed by atoms with E-state index in [1.165, 1.54) is 18.2 Å². The van der Waals surface area contributed by atoms with Gasteiger partial charge in [0, 0.05) is 10.5 Å². The van der Waals surface area contributed by atoms with Crippen molar-refractivity contribution in [1.29, 1.82) is 0 Å². The van der Waals surface area contributed by atoms with E-state index in [0.717, 1.165) is 0 Å². The lowest BCUT2D eigenvalue weighted by Crippen LogP contribution is -2.30. The van der Waals surface area contributed by atoms with Crippen LogP contribution < -0.4 is 10.0 Å². The Kier molecular flexibility index (Phi) is 7.59. The van der Waals surface area contributed by atoms with Crippen molar-refractivity contribution in [1.82, 2.24) is 4.72 Å². The molecule has 0 bridgehead atoms. The van der Waals surface area contributed by atoms with Crippen LogP contribution in [0, 0.1) is 0 Å². The van der Waals surface area contributed by atoms with Crippen molar-refractivity contribution in [2.24, 2.45) is 0 Å². The Morgan fingerprint density at radius 1 is 1.18 bits per heavy atom. The summed E-state index contributed by atoms with van der Waals surface area (Å²) in [5, 5.41) is 2.87. The number of rotatable bonds is 7. The fraction of sp³-hybridized carbons (Fsp3) is 0.222. The van der Waals surface area contributed by atoms with Gasteiger partial charge in [0.25, 0.3) is 5.91 Å². The van der Waals surface area contributed by atoms with Crippen LogP contribution in [0.15, 0.2) is 51.8 Å². The predicted molar refractivity (Wildman–Crippen MR) is 110 cm³/mol. The van der Waals surface area contributed by atoms with Gasteiger partial charge in [-0.1, -0.05) is 23.7 Å². The lowest BCUT2D eigenvalue weighted by Gasteiger charge is -2.12. The highest BCUT2D eigenvalue weighted by Gasteiger charge is 2.20. The number of esters is 1. The third kappa shape index (κ3) is 6.03. The van der Waals surface area contributed by atoms with E-state index in [-0.39, 0.29) is 16.5 Å². The molecule has 7 nitrogen and oxygen atoms in total. The van der Waals surface area contributed by atoms with Gasteiger partial charge in [0.2, 0.25) is 10.0 Å². The summed E-state index contributed by atoms with van der Waals surface area (Å²) in [6.45, 7) is 2.81. The number of hydrogen-bond acceptors (Lipinski definition) is 5. The summed E-state index contributed by atoms with van der Waals surface area (Å²) < 4.78 is 32.3. The third-order valence-electron chi connectivity index (χ3n) is 3.34. The third-order valence-corrected chi connectivity index (χ3v) is 6.02. The molecule has 0 radical (unpaired) electrons. The van der Waals surface area contributed by atoms with Gasteiger partial charge < -0.3 is 10.1 Å². The minimum atomic E-state index is -3.78. The monoisotopic (exact) mass is 488 g/mol. The molecular formula is C18H18BrClN2O5S. The second-order valence-corrected chi connectivity index (χ2v) is 9.00. The van der Waals surface area contributed by atoms with Crippen LogP contribution in [-0.4, -0.2) is 32.9 Å². The molecule has 0 spiro atoms. The zero-order chi connectivity index (χ0) is 20.9. The number of hydrogen-bond donors (Lipinski definition) is 2. The minimum absolute atomic E-state index is 0.0165. The number of carbonyl (C=O) groups is 2. The first kappa shape index (κ1) is 22.4. The van der Waals surface area contributed by atoms with Crippen LogP contribution in [0.25, 0.3) is 0 Å². The summed E-state index contributed by atoms with van der Waals surface area (Å²) in [7, 11) is -3.78. The number of anilines is 1. The molecule has 0 saturated carbocycles. The molecular weight excluding hydrogens is 472 g/mol. The van der Waals surface area contributed by atoms with Crippen molar-refractivity contribution in [3.05, 3.63) is 57.5 Å². The molecule has 2 aromatic carbocycles. The van der Waals surface area contributed by atoms with Gasteiger partial charge in [0.1, 0.15) is 0 Å². The quantitative estimate of drug-likeness (QED) is 0.579. The van der Waals surface area contributed by atoms with Gasteiger partial charge in [-0.2, -0.15) is 0 Å². The van der Waals surface area contributed by atoms with Crippen LogP contribution in [0.5, 0.6) is 0 Å². The van der Waals surface area contributed by atoms with E-state index in [2.05, 4.69) is 26.0 Å². The van der Waals surface area contributed by atoms with Crippen LogP contribution in [0.1, 0.15) is 24.2 Å². The van der Waals surface area contributed by atoms with Crippen molar-refractivity contribution >= 4 is 55.1 Å². The smallest absolute Gasteiger partial charge is 0.339 e. The Morgan fingerprint density at radius 3 is 2.50 bits per heavy atom. The van der Waals surface area contributed by atoms with Gasteiger partial charge >= 0.3 is 5.97 Å². The average Bonchev–Trinajstić information content (AvgIpc) is 2.60. The van der Waals surface area contributed by atoms with E-state index >= 15 is 0 Å². The van der Waals surface area contributed by atoms with Gasteiger partial charge in [-0.05, 0) is 60.1 Å². The molecule has 28 heavy (non-hydrogen) atoms. The molecule has 2 aromatic rings. The van der Waals surface area contributed by atoms with E-state index in [1.807, 2.05) is 0 Å². The maximum Gasteiger partial charge on any atom is 0.339 e. The van der Waals surface area contributed by atoms with Crippen molar-refractivity contribution in [2.75, 3.05) is 11.9 Å². The average molecular weight is 490 g/mol. The Morgan fingerprint density at radius 2 is 1.86 bits per heavy atom. The molecule has 0 aliphatic carbocycles. The second kappa shape index (κ2) is 9.51. The molecule has 0 heterocycles. The zero-order valence-corrected chi connectivity index (χ0v) is 18.2. The Labute approximate surface area is 176 Å². The van der Waals surface area contributed by atoms with Crippen molar-refractivity contribution in [3.63, 3.8) is 0 Å². The zero-order valence-electron chi connectivity index (χ0n) is 15.0. The van der Waals surface area contributed by atoms with Gasteiger partial charge in [-0.25, -0.2) is 17.9 Å². The first-order valence-electron chi connectivity index (χ1n) is 8.13. The van der Waals surface area contributed by atoms with E-state index in [4.69, 9.17) is 16.3 Å². The van der Waals surface area contributed by atoms with Crippen LogP contribution in [0.2, 0.25) is 5.02 Å². The van der Waals surface area contributed by atoms with Crippen molar-refractivity contribution in [2.45, 2.75) is 24.8 Å². The molecule has 10 heteroatoms. The molecule has 1 amide bonds. The van der Waals surface area contributed by atoms with Gasteiger partial charge in [0.15, 0.2) is 6.61 Å². The molecule has 2 rings (SSSR count). The fourth-order valence-corrected chi connectivity index (χ4v) is 4.03. The Balaban J connectivity index is 2.09. The molecule has 0 unspecified atom stereocenters. The first-order valence-corrected chi connectivity index (χ1v) is 10.8. The molecule has 0 aromatic heterocycles. The first-order chi connectivity index (χ1) is 13.1. The highest BCUT2D eigenvalue weighted by atomic mass is 79.9. The summed E-state index contributed by atoms with van der Waals surface area (Å²) in [6, 6.07) is 10.3. The molecule has 0 aliphatic heterocycles. The summed E-state index contributed by atoms with van der Waals surface area (Å²) in [4.78, 5) is 24.2. The van der Waals surface area contributed by atoms with E-state index in [0.29, 0.717) is 15.2 Å². The number of halogens is 2. The number of amides is 1. The SMILES string of the molecule is CC(C)NS(=O)(=O)c1ccc(Br)c(C(=O)OCC(=O)Nc2ccccc2Cl)c1. The van der Waals surface area contributed by atoms with Crippen molar-refractivity contribution in [3.8, 4) is 0 Å². The summed E-state index contributed by atoms with van der Waals surface area (Å²) in [5.74, 6) is -1.43. The number of carbonyl (C=O) groups excluding carboxylic acids is 2. The highest BCUT2D eigenvalue weighted by molar-refractivity contribution is 9.10. The van der Waals surface area contributed by atoms with Gasteiger partial charge in [0.05, 0.1) is 21.2 Å². The van der Waals surface area contributed by atoms with Crippen LogP contribution >= 0.6 is 27.5 Å². The summed E-state index contributed by atoms with van der Waals surface area (Å²) in [6.07, 6.45) is 0. The Bertz CT molecular complexity index is 995. The number of nitrogens with one attached hydrogen (secondary N) is 2. The lowest BCUT2D eigenvalue weighted by molar-refractivity contribution is -0.119. The van der Waals surface area contributed by atoms with Crippen LogP contribution in [0.4, 0.5) is 5.69 Å². The largest absolute Gasteiger partial charge is 0.452 e. The highest BCUT2D eigenvalue weighted by Crippen LogP contribution is 2.23. The normalized spacial score (nSPS) is 11.3. The number of benzene rings is 2. The summed E-state index contributed by atoms with van der Waals surface area (Å²) in [5.41, 5.74) is 0.372. The fourth-order valence-electron chi connectivity index (χ4n) is 2.16. The Hall–Kier alpha value is -1.94. The number of ether oxygens (including phenoxy) is 1. The number of para-hydroxylation sites is 1. The molecule has 0 saturated heterocycles. The van der Waals surface area contributed by atoms with Crippen molar-refractivity contribution < 1.29 is 22.7 Å². The molecule has 0 aliphatic rings. The topological polar surface area (TPSA) is 102 Å². The lowest BCUT2D eigenvalue weighted by atomic mass is 10.2. The van der Waals surface area contributed by atoms with E-state index < -0.39 is 28.5 Å². The molecule has 0 atom stereocenters. The van der Waals surface area contributed by atoms with Gasteiger partial charge in [-0.15, -0.1) is 0 Å². The van der Waals surface area contributed by atoms with Gasteiger partial charge in [-0.3, -0.25) is 4.79 Å².